The maximum atomic E-state index is 5.20. The van der Waals surface area contributed by atoms with E-state index in [9.17, 15) is 0 Å². The number of nitrogens with zero attached hydrogens (tertiary/aromatic N) is 1. The summed E-state index contributed by atoms with van der Waals surface area (Å²) in [4.78, 5) is 4.38. The van der Waals surface area contributed by atoms with Crippen LogP contribution in [0, 0.1) is 12.3 Å². The van der Waals surface area contributed by atoms with Crippen LogP contribution < -0.4 is 0 Å². The molecule has 2 aromatic rings. The van der Waals surface area contributed by atoms with Gasteiger partial charge in [-0.3, -0.25) is 0 Å². The Labute approximate surface area is 75.1 Å². The highest BCUT2D eigenvalue weighted by Gasteiger charge is 1.99. The van der Waals surface area contributed by atoms with Crippen LogP contribution >= 0.6 is 11.3 Å². The molecule has 0 amide bonds. The van der Waals surface area contributed by atoms with Crippen molar-refractivity contribution in [1.29, 1.82) is 0 Å². The van der Waals surface area contributed by atoms with Gasteiger partial charge in [-0.15, -0.1) is 17.8 Å². The summed E-state index contributed by atoms with van der Waals surface area (Å²) in [6, 6.07) is 8.07. The minimum atomic E-state index is 0.638. The number of hydrogen-bond donors (Lipinski definition) is 0. The molecular formula is C10H7NS. The van der Waals surface area contributed by atoms with Crippen molar-refractivity contribution in [2.24, 2.45) is 0 Å². The van der Waals surface area contributed by atoms with Gasteiger partial charge in [-0.2, -0.15) is 0 Å². The van der Waals surface area contributed by atoms with Crippen molar-refractivity contribution in [2.75, 3.05) is 0 Å². The fourth-order valence-electron chi connectivity index (χ4n) is 1.08. The summed E-state index contributed by atoms with van der Waals surface area (Å²) in [7, 11) is 0. The molecule has 1 heterocycles. The van der Waals surface area contributed by atoms with Gasteiger partial charge in [0.15, 0.2) is 0 Å². The zero-order chi connectivity index (χ0) is 8.39. The van der Waals surface area contributed by atoms with E-state index in [0.29, 0.717) is 6.42 Å². The maximum Gasteiger partial charge on any atom is 0.106 e. The molecule has 0 aliphatic rings. The predicted octanol–water partition coefficient (Wildman–Crippen LogP) is 2.47. The molecule has 0 saturated heterocycles. The van der Waals surface area contributed by atoms with Gasteiger partial charge in [0.1, 0.15) is 5.01 Å². The standard InChI is InChI=1S/C10H7NS/c1-2-5-10-11-8-6-3-4-7-9(8)12-10/h1,3-4,6-7H,5H2. The van der Waals surface area contributed by atoms with E-state index in [4.69, 9.17) is 6.42 Å². The Morgan fingerprint density at radius 3 is 3.00 bits per heavy atom. The van der Waals surface area contributed by atoms with E-state index in [2.05, 4.69) is 17.0 Å². The first kappa shape index (κ1) is 7.33. The summed E-state index contributed by atoms with van der Waals surface area (Å²) in [5, 5.41) is 1.03. The zero-order valence-corrected chi connectivity index (χ0v) is 7.27. The molecule has 0 N–H and O–H groups in total. The molecule has 0 aliphatic heterocycles. The Balaban J connectivity index is 2.56. The minimum Gasteiger partial charge on any atom is -0.240 e. The van der Waals surface area contributed by atoms with Crippen LogP contribution in [0.1, 0.15) is 5.01 Å². The summed E-state index contributed by atoms with van der Waals surface area (Å²) in [5.74, 6) is 2.59. The lowest BCUT2D eigenvalue weighted by Crippen LogP contribution is -1.75. The molecular weight excluding hydrogens is 166 g/mol. The first-order valence-corrected chi connectivity index (χ1v) is 4.50. The molecule has 0 radical (unpaired) electrons. The second kappa shape index (κ2) is 2.96. The van der Waals surface area contributed by atoms with E-state index in [1.807, 2.05) is 18.2 Å². The number of terminal acetylenes is 1. The van der Waals surface area contributed by atoms with Crippen LogP contribution in [-0.4, -0.2) is 4.98 Å². The van der Waals surface area contributed by atoms with Gasteiger partial charge in [0, 0.05) is 0 Å². The topological polar surface area (TPSA) is 12.9 Å². The lowest BCUT2D eigenvalue weighted by atomic mass is 10.3. The summed E-state index contributed by atoms with van der Waals surface area (Å²) in [6.07, 6.45) is 5.84. The van der Waals surface area contributed by atoms with E-state index in [0.717, 1.165) is 10.5 Å². The fourth-order valence-corrected chi connectivity index (χ4v) is 2.00. The normalized spacial score (nSPS) is 9.92. The monoisotopic (exact) mass is 173 g/mol. The van der Waals surface area contributed by atoms with Crippen LogP contribution in [0.4, 0.5) is 0 Å². The third-order valence-electron chi connectivity index (χ3n) is 1.59. The molecule has 0 bridgehead atoms. The van der Waals surface area contributed by atoms with Crippen LogP contribution in [0.5, 0.6) is 0 Å². The van der Waals surface area contributed by atoms with Gasteiger partial charge in [-0.25, -0.2) is 4.98 Å². The van der Waals surface area contributed by atoms with Gasteiger partial charge in [-0.1, -0.05) is 18.1 Å². The Morgan fingerprint density at radius 1 is 1.42 bits per heavy atom. The molecule has 0 fully saturated rings. The number of benzene rings is 1. The van der Waals surface area contributed by atoms with Crippen LogP contribution in [0.2, 0.25) is 0 Å². The van der Waals surface area contributed by atoms with Crippen molar-refractivity contribution in [3.63, 3.8) is 0 Å². The molecule has 2 heteroatoms. The Bertz CT molecular complexity index is 403. The minimum absolute atomic E-state index is 0.638. The lowest BCUT2D eigenvalue weighted by Gasteiger charge is -1.80. The van der Waals surface area contributed by atoms with Crippen molar-refractivity contribution in [3.05, 3.63) is 29.3 Å². The molecule has 12 heavy (non-hydrogen) atoms. The number of aromatic nitrogens is 1. The highest BCUT2D eigenvalue weighted by molar-refractivity contribution is 7.18. The SMILES string of the molecule is C#CCc1nc2ccccc2s1. The molecule has 0 saturated carbocycles. The molecule has 0 spiro atoms. The number of thiazole rings is 1. The van der Waals surface area contributed by atoms with Gasteiger partial charge >= 0.3 is 0 Å². The Morgan fingerprint density at radius 2 is 2.25 bits per heavy atom. The third kappa shape index (κ3) is 1.19. The summed E-state index contributed by atoms with van der Waals surface area (Å²) in [6.45, 7) is 0. The molecule has 58 valence electrons. The molecule has 2 rings (SSSR count). The number of para-hydroxylation sites is 1. The highest BCUT2D eigenvalue weighted by Crippen LogP contribution is 2.21. The highest BCUT2D eigenvalue weighted by atomic mass is 32.1. The average Bonchev–Trinajstić information content (AvgIpc) is 2.47. The van der Waals surface area contributed by atoms with E-state index in [1.165, 1.54) is 4.70 Å². The molecule has 0 aliphatic carbocycles. The van der Waals surface area contributed by atoms with Gasteiger partial charge in [0.05, 0.1) is 16.6 Å². The van der Waals surface area contributed by atoms with E-state index in [1.54, 1.807) is 11.3 Å². The zero-order valence-electron chi connectivity index (χ0n) is 6.45. The number of hydrogen-bond acceptors (Lipinski definition) is 2. The molecule has 1 nitrogen and oxygen atoms in total. The Hall–Kier alpha value is -1.33. The Kier molecular flexibility index (Phi) is 1.81. The number of rotatable bonds is 1. The molecule has 1 aromatic carbocycles. The number of fused-ring (bicyclic) bond motifs is 1. The first-order valence-electron chi connectivity index (χ1n) is 3.68. The van der Waals surface area contributed by atoms with Crippen LogP contribution in [0.15, 0.2) is 24.3 Å². The van der Waals surface area contributed by atoms with E-state index in [-0.39, 0.29) is 0 Å². The van der Waals surface area contributed by atoms with E-state index < -0.39 is 0 Å². The second-order valence-corrected chi connectivity index (χ2v) is 3.57. The molecule has 1 aromatic heterocycles. The lowest BCUT2D eigenvalue weighted by molar-refractivity contribution is 1.25. The summed E-state index contributed by atoms with van der Waals surface area (Å²) >= 11 is 1.67. The van der Waals surface area contributed by atoms with Crippen LogP contribution in [-0.2, 0) is 6.42 Å². The van der Waals surface area contributed by atoms with Gasteiger partial charge in [0.2, 0.25) is 0 Å². The third-order valence-corrected chi connectivity index (χ3v) is 2.63. The van der Waals surface area contributed by atoms with Crippen LogP contribution in [0.25, 0.3) is 10.2 Å². The quantitative estimate of drug-likeness (QED) is 0.604. The van der Waals surface area contributed by atoms with Crippen LogP contribution in [0.3, 0.4) is 0 Å². The van der Waals surface area contributed by atoms with E-state index >= 15 is 0 Å². The summed E-state index contributed by atoms with van der Waals surface area (Å²) in [5.41, 5.74) is 1.05. The van der Waals surface area contributed by atoms with Crippen molar-refractivity contribution in [1.82, 2.24) is 4.98 Å². The average molecular weight is 173 g/mol. The van der Waals surface area contributed by atoms with Gasteiger partial charge in [-0.05, 0) is 12.1 Å². The first-order chi connectivity index (χ1) is 5.90. The van der Waals surface area contributed by atoms with Crippen molar-refractivity contribution < 1.29 is 0 Å². The molecule has 0 unspecified atom stereocenters. The largest absolute Gasteiger partial charge is 0.240 e. The van der Waals surface area contributed by atoms with Crippen molar-refractivity contribution in [2.45, 2.75) is 6.42 Å². The van der Waals surface area contributed by atoms with Crippen molar-refractivity contribution >= 4 is 21.6 Å². The van der Waals surface area contributed by atoms with Gasteiger partial charge in [0.25, 0.3) is 0 Å². The fraction of sp³-hybridized carbons (Fsp3) is 0.100. The second-order valence-electron chi connectivity index (χ2n) is 2.46. The van der Waals surface area contributed by atoms with Gasteiger partial charge < -0.3 is 0 Å². The smallest absolute Gasteiger partial charge is 0.106 e. The molecule has 0 atom stereocenters. The maximum absolute atomic E-state index is 5.20. The summed E-state index contributed by atoms with van der Waals surface area (Å²) < 4.78 is 1.21. The predicted molar refractivity (Wildman–Crippen MR) is 52.2 cm³/mol. The van der Waals surface area contributed by atoms with Crippen molar-refractivity contribution in [3.8, 4) is 12.3 Å².